The van der Waals surface area contributed by atoms with Crippen LogP contribution < -0.4 is 0 Å². The van der Waals surface area contributed by atoms with E-state index in [1.54, 1.807) is 0 Å². The Morgan fingerprint density at radius 1 is 1.26 bits per heavy atom. The summed E-state index contributed by atoms with van der Waals surface area (Å²) in [6, 6.07) is 8.82. The van der Waals surface area contributed by atoms with Crippen LogP contribution in [0, 0.1) is 5.92 Å². The summed E-state index contributed by atoms with van der Waals surface area (Å²) >= 11 is 0. The number of carbonyl (C=O) groups is 1. The molecule has 3 rings (SSSR count). The highest BCUT2D eigenvalue weighted by molar-refractivity contribution is 5.83. The first-order chi connectivity index (χ1) is 11.2. The Morgan fingerprint density at radius 2 is 2.04 bits per heavy atom. The standard InChI is InChI=1S/C20H28N2O/c1-15-8-3-6-12-19(15)22(2)20(23)13-7-9-16-14-21-18-11-5-4-10-17(16)18/h4-5,10-11,14-15,19,21H,3,6-9,12-13H2,1-2H3. The van der Waals surface area contributed by atoms with Gasteiger partial charge in [-0.25, -0.2) is 0 Å². The van der Waals surface area contributed by atoms with Gasteiger partial charge in [0.1, 0.15) is 0 Å². The first kappa shape index (κ1) is 16.1. The molecule has 1 aliphatic rings. The van der Waals surface area contributed by atoms with E-state index in [1.165, 1.54) is 42.1 Å². The number of nitrogens with zero attached hydrogens (tertiary/aromatic N) is 1. The van der Waals surface area contributed by atoms with Crippen molar-refractivity contribution in [2.75, 3.05) is 7.05 Å². The number of fused-ring (bicyclic) bond motifs is 1. The average molecular weight is 312 g/mol. The van der Waals surface area contributed by atoms with Crippen LogP contribution in [0.4, 0.5) is 0 Å². The molecule has 124 valence electrons. The van der Waals surface area contributed by atoms with Gasteiger partial charge in [0.25, 0.3) is 0 Å². The summed E-state index contributed by atoms with van der Waals surface area (Å²) < 4.78 is 0. The maximum absolute atomic E-state index is 12.5. The van der Waals surface area contributed by atoms with Crippen molar-refractivity contribution in [1.29, 1.82) is 0 Å². The number of rotatable bonds is 5. The predicted molar refractivity (Wildman–Crippen MR) is 95.4 cm³/mol. The number of hydrogen-bond acceptors (Lipinski definition) is 1. The molecule has 1 N–H and O–H groups in total. The van der Waals surface area contributed by atoms with Crippen molar-refractivity contribution < 1.29 is 4.79 Å². The van der Waals surface area contributed by atoms with Gasteiger partial charge in [-0.2, -0.15) is 0 Å². The van der Waals surface area contributed by atoms with Crippen LogP contribution in [0.5, 0.6) is 0 Å². The number of H-pyrrole nitrogens is 1. The molecule has 2 aromatic rings. The highest BCUT2D eigenvalue weighted by atomic mass is 16.2. The molecule has 0 spiro atoms. The Hall–Kier alpha value is -1.77. The van der Waals surface area contributed by atoms with Gasteiger partial charge in [-0.15, -0.1) is 0 Å². The summed E-state index contributed by atoms with van der Waals surface area (Å²) in [4.78, 5) is 17.8. The molecule has 0 saturated heterocycles. The van der Waals surface area contributed by atoms with E-state index >= 15 is 0 Å². The number of para-hydroxylation sites is 1. The second-order valence-corrected chi connectivity index (χ2v) is 7.05. The van der Waals surface area contributed by atoms with Crippen LogP contribution in [0.3, 0.4) is 0 Å². The fraction of sp³-hybridized carbons (Fsp3) is 0.550. The highest BCUT2D eigenvalue weighted by Gasteiger charge is 2.27. The second kappa shape index (κ2) is 7.20. The molecule has 1 amide bonds. The molecule has 1 aliphatic carbocycles. The van der Waals surface area contributed by atoms with E-state index in [2.05, 4.69) is 36.3 Å². The van der Waals surface area contributed by atoms with E-state index in [0.29, 0.717) is 24.3 Å². The average Bonchev–Trinajstić information content (AvgIpc) is 2.98. The Morgan fingerprint density at radius 3 is 2.87 bits per heavy atom. The molecule has 1 aromatic carbocycles. The predicted octanol–water partition coefficient (Wildman–Crippen LogP) is 4.53. The SMILES string of the molecule is CC1CCCCC1N(C)C(=O)CCCc1c[nH]c2ccccc12. The minimum absolute atomic E-state index is 0.309. The minimum Gasteiger partial charge on any atom is -0.361 e. The molecular weight excluding hydrogens is 284 g/mol. The van der Waals surface area contributed by atoms with E-state index in [-0.39, 0.29) is 0 Å². The zero-order valence-electron chi connectivity index (χ0n) is 14.3. The third-order valence-corrected chi connectivity index (χ3v) is 5.47. The van der Waals surface area contributed by atoms with Crippen LogP contribution in [0.1, 0.15) is 51.0 Å². The summed E-state index contributed by atoms with van der Waals surface area (Å²) in [6.07, 6.45) is 9.64. The lowest BCUT2D eigenvalue weighted by molar-refractivity contribution is -0.133. The fourth-order valence-electron chi connectivity index (χ4n) is 4.00. The number of amides is 1. The molecule has 3 heteroatoms. The van der Waals surface area contributed by atoms with Gasteiger partial charge in [0, 0.05) is 36.6 Å². The van der Waals surface area contributed by atoms with Crippen LogP contribution in [0.15, 0.2) is 30.5 Å². The Balaban J connectivity index is 1.52. The number of nitrogens with one attached hydrogen (secondary N) is 1. The lowest BCUT2D eigenvalue weighted by atomic mass is 9.85. The molecule has 2 atom stereocenters. The van der Waals surface area contributed by atoms with Crippen molar-refractivity contribution in [2.24, 2.45) is 5.92 Å². The molecule has 3 nitrogen and oxygen atoms in total. The monoisotopic (exact) mass is 312 g/mol. The van der Waals surface area contributed by atoms with Crippen molar-refractivity contribution >= 4 is 16.8 Å². The van der Waals surface area contributed by atoms with E-state index in [9.17, 15) is 4.79 Å². The molecule has 1 aromatic heterocycles. The lowest BCUT2D eigenvalue weighted by Crippen LogP contribution is -2.42. The summed E-state index contributed by atoms with van der Waals surface area (Å²) in [5.74, 6) is 0.954. The van der Waals surface area contributed by atoms with Gasteiger partial charge in [0.05, 0.1) is 0 Å². The topological polar surface area (TPSA) is 36.1 Å². The smallest absolute Gasteiger partial charge is 0.222 e. The van der Waals surface area contributed by atoms with Gasteiger partial charge in [-0.3, -0.25) is 4.79 Å². The van der Waals surface area contributed by atoms with Gasteiger partial charge in [-0.05, 0) is 43.2 Å². The lowest BCUT2D eigenvalue weighted by Gasteiger charge is -2.36. The fourth-order valence-corrected chi connectivity index (χ4v) is 4.00. The van der Waals surface area contributed by atoms with Crippen molar-refractivity contribution in [1.82, 2.24) is 9.88 Å². The molecule has 1 heterocycles. The normalized spacial score (nSPS) is 21.5. The zero-order chi connectivity index (χ0) is 16.2. The molecule has 1 fully saturated rings. The number of hydrogen-bond donors (Lipinski definition) is 1. The minimum atomic E-state index is 0.309. The molecular formula is C20H28N2O. The third kappa shape index (κ3) is 3.60. The Labute approximate surface area is 139 Å². The van der Waals surface area contributed by atoms with E-state index < -0.39 is 0 Å². The number of carbonyl (C=O) groups excluding carboxylic acids is 1. The highest BCUT2D eigenvalue weighted by Crippen LogP contribution is 2.28. The molecule has 23 heavy (non-hydrogen) atoms. The number of aromatic nitrogens is 1. The van der Waals surface area contributed by atoms with Crippen molar-refractivity contribution in [3.05, 3.63) is 36.0 Å². The molecule has 1 saturated carbocycles. The van der Waals surface area contributed by atoms with E-state index in [0.717, 1.165) is 12.8 Å². The molecule has 0 radical (unpaired) electrons. The van der Waals surface area contributed by atoms with Gasteiger partial charge < -0.3 is 9.88 Å². The van der Waals surface area contributed by atoms with Gasteiger partial charge in [-0.1, -0.05) is 38.0 Å². The number of benzene rings is 1. The maximum atomic E-state index is 12.5. The van der Waals surface area contributed by atoms with Crippen LogP contribution in [0.2, 0.25) is 0 Å². The maximum Gasteiger partial charge on any atom is 0.222 e. The number of aromatic amines is 1. The van der Waals surface area contributed by atoms with Gasteiger partial charge >= 0.3 is 0 Å². The quantitative estimate of drug-likeness (QED) is 0.865. The summed E-state index contributed by atoms with van der Waals surface area (Å²) in [5, 5.41) is 1.29. The third-order valence-electron chi connectivity index (χ3n) is 5.47. The van der Waals surface area contributed by atoms with Crippen molar-refractivity contribution in [3.8, 4) is 0 Å². The van der Waals surface area contributed by atoms with Crippen LogP contribution in [-0.4, -0.2) is 28.9 Å². The van der Waals surface area contributed by atoms with Crippen molar-refractivity contribution in [2.45, 2.75) is 57.9 Å². The van der Waals surface area contributed by atoms with Gasteiger partial charge in [0.15, 0.2) is 0 Å². The summed E-state index contributed by atoms with van der Waals surface area (Å²) in [6.45, 7) is 2.29. The zero-order valence-corrected chi connectivity index (χ0v) is 14.3. The van der Waals surface area contributed by atoms with Gasteiger partial charge in [0.2, 0.25) is 5.91 Å². The van der Waals surface area contributed by atoms with Crippen LogP contribution in [-0.2, 0) is 11.2 Å². The molecule has 2 unspecified atom stereocenters. The summed E-state index contributed by atoms with van der Waals surface area (Å²) in [7, 11) is 2.00. The molecule has 0 aliphatic heterocycles. The Bertz CT molecular complexity index is 660. The van der Waals surface area contributed by atoms with E-state index in [4.69, 9.17) is 0 Å². The summed E-state index contributed by atoms with van der Waals surface area (Å²) in [5.41, 5.74) is 2.50. The largest absolute Gasteiger partial charge is 0.361 e. The second-order valence-electron chi connectivity index (χ2n) is 7.05. The Kier molecular flexibility index (Phi) is 5.04. The first-order valence-corrected chi connectivity index (χ1v) is 8.97. The van der Waals surface area contributed by atoms with E-state index in [1.807, 2.05) is 18.0 Å². The van der Waals surface area contributed by atoms with Crippen LogP contribution in [0.25, 0.3) is 10.9 Å². The number of aryl methyl sites for hydroxylation is 1. The van der Waals surface area contributed by atoms with Crippen LogP contribution >= 0.6 is 0 Å². The van der Waals surface area contributed by atoms with Crippen molar-refractivity contribution in [3.63, 3.8) is 0 Å². The molecule has 0 bridgehead atoms. The first-order valence-electron chi connectivity index (χ1n) is 8.97.